The van der Waals surface area contributed by atoms with Crippen molar-refractivity contribution in [1.82, 2.24) is 9.78 Å². The minimum Gasteiger partial charge on any atom is -0.382 e. The smallest absolute Gasteiger partial charge is 0.146 e. The SMILES string of the molecule is CCN(CCCn1ccc(N)n1)c1ccccc1F. The molecule has 1 aromatic carbocycles. The molecule has 1 heterocycles. The van der Waals surface area contributed by atoms with Gasteiger partial charge in [0.2, 0.25) is 0 Å². The fraction of sp³-hybridized carbons (Fsp3) is 0.357. The third kappa shape index (κ3) is 3.47. The van der Waals surface area contributed by atoms with Crippen molar-refractivity contribution in [3.63, 3.8) is 0 Å². The summed E-state index contributed by atoms with van der Waals surface area (Å²) in [7, 11) is 0. The van der Waals surface area contributed by atoms with E-state index >= 15 is 0 Å². The zero-order valence-corrected chi connectivity index (χ0v) is 11.1. The van der Waals surface area contributed by atoms with Crippen LogP contribution >= 0.6 is 0 Å². The molecule has 2 rings (SSSR count). The second-order valence-corrected chi connectivity index (χ2v) is 4.39. The highest BCUT2D eigenvalue weighted by molar-refractivity contribution is 5.47. The summed E-state index contributed by atoms with van der Waals surface area (Å²) in [6.45, 7) is 4.37. The van der Waals surface area contributed by atoms with Crippen LogP contribution in [0.15, 0.2) is 36.5 Å². The molecule has 0 saturated carbocycles. The molecule has 0 bridgehead atoms. The Balaban J connectivity index is 1.91. The van der Waals surface area contributed by atoms with Crippen LogP contribution in [0.4, 0.5) is 15.9 Å². The van der Waals surface area contributed by atoms with E-state index < -0.39 is 0 Å². The van der Waals surface area contributed by atoms with Gasteiger partial charge in [-0.1, -0.05) is 12.1 Å². The maximum absolute atomic E-state index is 13.7. The first-order valence-electron chi connectivity index (χ1n) is 6.49. The Bertz CT molecular complexity index is 524. The predicted octanol–water partition coefficient (Wildman–Crippen LogP) is 2.52. The van der Waals surface area contributed by atoms with Gasteiger partial charge >= 0.3 is 0 Å². The number of benzene rings is 1. The fourth-order valence-corrected chi connectivity index (χ4v) is 2.08. The zero-order chi connectivity index (χ0) is 13.7. The van der Waals surface area contributed by atoms with E-state index in [4.69, 9.17) is 5.73 Å². The lowest BCUT2D eigenvalue weighted by molar-refractivity contribution is 0.566. The zero-order valence-electron chi connectivity index (χ0n) is 11.1. The summed E-state index contributed by atoms with van der Waals surface area (Å²) >= 11 is 0. The van der Waals surface area contributed by atoms with Gasteiger partial charge in [-0.3, -0.25) is 4.68 Å². The minimum absolute atomic E-state index is 0.173. The number of aromatic nitrogens is 2. The fourth-order valence-electron chi connectivity index (χ4n) is 2.08. The number of rotatable bonds is 6. The molecule has 0 spiro atoms. The van der Waals surface area contributed by atoms with Crippen molar-refractivity contribution >= 4 is 11.5 Å². The molecule has 0 fully saturated rings. The average Bonchev–Trinajstić information content (AvgIpc) is 2.82. The van der Waals surface area contributed by atoms with Crippen molar-refractivity contribution in [2.45, 2.75) is 19.9 Å². The van der Waals surface area contributed by atoms with Crippen molar-refractivity contribution in [2.75, 3.05) is 23.7 Å². The number of nitrogen functional groups attached to an aromatic ring is 1. The largest absolute Gasteiger partial charge is 0.382 e. The lowest BCUT2D eigenvalue weighted by atomic mass is 10.2. The van der Waals surface area contributed by atoms with Gasteiger partial charge < -0.3 is 10.6 Å². The molecule has 102 valence electrons. The lowest BCUT2D eigenvalue weighted by Crippen LogP contribution is -2.25. The molecule has 0 aliphatic heterocycles. The van der Waals surface area contributed by atoms with Crippen LogP contribution in [0.2, 0.25) is 0 Å². The molecule has 0 aliphatic rings. The average molecular weight is 262 g/mol. The maximum Gasteiger partial charge on any atom is 0.146 e. The highest BCUT2D eigenvalue weighted by Gasteiger charge is 2.08. The summed E-state index contributed by atoms with van der Waals surface area (Å²) in [6.07, 6.45) is 2.75. The Morgan fingerprint density at radius 3 is 2.74 bits per heavy atom. The predicted molar refractivity (Wildman–Crippen MR) is 75.5 cm³/mol. The molecule has 0 unspecified atom stereocenters. The van der Waals surface area contributed by atoms with E-state index in [1.807, 2.05) is 34.8 Å². The summed E-state index contributed by atoms with van der Waals surface area (Å²) in [6, 6.07) is 8.64. The Labute approximate surface area is 112 Å². The van der Waals surface area contributed by atoms with Crippen LogP contribution < -0.4 is 10.6 Å². The van der Waals surface area contributed by atoms with E-state index in [1.54, 1.807) is 12.1 Å². The molecular formula is C14H19FN4. The van der Waals surface area contributed by atoms with E-state index in [1.165, 1.54) is 6.07 Å². The number of anilines is 2. The molecule has 1 aromatic heterocycles. The van der Waals surface area contributed by atoms with E-state index in [0.717, 1.165) is 26.1 Å². The molecule has 0 amide bonds. The van der Waals surface area contributed by atoms with Crippen LogP contribution in [0.5, 0.6) is 0 Å². The van der Waals surface area contributed by atoms with Gasteiger partial charge in [0.25, 0.3) is 0 Å². The summed E-state index contributed by atoms with van der Waals surface area (Å²) < 4.78 is 15.5. The van der Waals surface area contributed by atoms with Crippen LogP contribution in [0.1, 0.15) is 13.3 Å². The van der Waals surface area contributed by atoms with E-state index in [9.17, 15) is 4.39 Å². The number of hydrogen-bond donors (Lipinski definition) is 1. The van der Waals surface area contributed by atoms with Crippen LogP contribution in [-0.2, 0) is 6.54 Å². The number of aryl methyl sites for hydroxylation is 1. The number of para-hydroxylation sites is 1. The van der Waals surface area contributed by atoms with Gasteiger partial charge in [-0.25, -0.2) is 4.39 Å². The molecule has 0 radical (unpaired) electrons. The molecular weight excluding hydrogens is 243 g/mol. The molecule has 2 N–H and O–H groups in total. The second-order valence-electron chi connectivity index (χ2n) is 4.39. The first-order chi connectivity index (χ1) is 9.20. The summed E-state index contributed by atoms with van der Waals surface area (Å²) in [5.74, 6) is 0.356. The number of halogens is 1. The van der Waals surface area contributed by atoms with Gasteiger partial charge in [-0.05, 0) is 31.5 Å². The topological polar surface area (TPSA) is 47.1 Å². The van der Waals surface area contributed by atoms with Gasteiger partial charge in [0.05, 0.1) is 5.69 Å². The van der Waals surface area contributed by atoms with Crippen molar-refractivity contribution in [3.8, 4) is 0 Å². The van der Waals surface area contributed by atoms with E-state index in [-0.39, 0.29) is 5.82 Å². The number of hydrogen-bond acceptors (Lipinski definition) is 3. The second kappa shape index (κ2) is 6.22. The van der Waals surface area contributed by atoms with Crippen LogP contribution in [-0.4, -0.2) is 22.9 Å². The highest BCUT2D eigenvalue weighted by Crippen LogP contribution is 2.18. The third-order valence-corrected chi connectivity index (χ3v) is 3.05. The summed E-state index contributed by atoms with van der Waals surface area (Å²) in [5.41, 5.74) is 6.21. The van der Waals surface area contributed by atoms with Crippen molar-refractivity contribution in [1.29, 1.82) is 0 Å². The molecule has 0 aliphatic carbocycles. The quantitative estimate of drug-likeness (QED) is 0.870. The Morgan fingerprint density at radius 2 is 2.11 bits per heavy atom. The van der Waals surface area contributed by atoms with Gasteiger partial charge in [0, 0.05) is 25.8 Å². The van der Waals surface area contributed by atoms with E-state index in [2.05, 4.69) is 5.10 Å². The summed E-state index contributed by atoms with van der Waals surface area (Å²) in [4.78, 5) is 2.03. The van der Waals surface area contributed by atoms with Crippen molar-refractivity contribution < 1.29 is 4.39 Å². The van der Waals surface area contributed by atoms with Crippen LogP contribution in [0, 0.1) is 5.82 Å². The van der Waals surface area contributed by atoms with Gasteiger partial charge in [0.1, 0.15) is 11.6 Å². The standard InChI is InChI=1S/C14H19FN4/c1-2-18(13-7-4-3-6-12(13)15)9-5-10-19-11-8-14(16)17-19/h3-4,6-8,11H,2,5,9-10H2,1H3,(H2,16,17). The molecule has 19 heavy (non-hydrogen) atoms. The van der Waals surface area contributed by atoms with Gasteiger partial charge in [-0.15, -0.1) is 0 Å². The molecule has 0 atom stereocenters. The van der Waals surface area contributed by atoms with Crippen molar-refractivity contribution in [2.24, 2.45) is 0 Å². The first-order valence-corrected chi connectivity index (χ1v) is 6.49. The monoisotopic (exact) mass is 262 g/mol. The number of nitrogens with two attached hydrogens (primary N) is 1. The summed E-state index contributed by atoms with van der Waals surface area (Å²) in [5, 5.41) is 4.13. The van der Waals surface area contributed by atoms with E-state index in [0.29, 0.717) is 11.5 Å². The Hall–Kier alpha value is -2.04. The number of nitrogens with zero attached hydrogens (tertiary/aromatic N) is 3. The van der Waals surface area contributed by atoms with Gasteiger partial charge in [-0.2, -0.15) is 5.10 Å². The third-order valence-electron chi connectivity index (χ3n) is 3.05. The molecule has 5 heteroatoms. The normalized spacial score (nSPS) is 10.6. The molecule has 0 saturated heterocycles. The highest BCUT2D eigenvalue weighted by atomic mass is 19.1. The molecule has 4 nitrogen and oxygen atoms in total. The Kier molecular flexibility index (Phi) is 4.39. The maximum atomic E-state index is 13.7. The molecule has 2 aromatic rings. The Morgan fingerprint density at radius 1 is 1.32 bits per heavy atom. The van der Waals surface area contributed by atoms with Crippen molar-refractivity contribution in [3.05, 3.63) is 42.3 Å². The van der Waals surface area contributed by atoms with Gasteiger partial charge in [0.15, 0.2) is 0 Å². The lowest BCUT2D eigenvalue weighted by Gasteiger charge is -2.23. The van der Waals surface area contributed by atoms with Crippen LogP contribution in [0.3, 0.4) is 0 Å². The minimum atomic E-state index is -0.173. The van der Waals surface area contributed by atoms with Crippen LogP contribution in [0.25, 0.3) is 0 Å². The first kappa shape index (κ1) is 13.4.